The summed E-state index contributed by atoms with van der Waals surface area (Å²) in [5.74, 6) is 0.765. The van der Waals surface area contributed by atoms with E-state index in [2.05, 4.69) is 6.92 Å². The van der Waals surface area contributed by atoms with Crippen molar-refractivity contribution in [2.24, 2.45) is 5.73 Å². The molecule has 0 heterocycles. The van der Waals surface area contributed by atoms with E-state index in [4.69, 9.17) is 15.9 Å². The topological polar surface area (TPSA) is 59.1 Å². The molecule has 1 atom stereocenters. The van der Waals surface area contributed by atoms with Crippen LogP contribution < -0.4 is 10.5 Å². The number of ether oxygens (including phenoxy) is 1. The van der Waals surface area contributed by atoms with E-state index in [0.717, 1.165) is 18.4 Å². The van der Waals surface area contributed by atoms with Gasteiger partial charge in [0.25, 0.3) is 0 Å². The molecule has 1 rings (SSSR count). The fraction of sp³-hybridized carbons (Fsp3) is 0.462. The molecule has 1 unspecified atom stereocenters. The largest absolute Gasteiger partial charge is 0.490 e. The van der Waals surface area contributed by atoms with Crippen LogP contribution in [0.25, 0.3) is 0 Å². The number of nitrogen functional groups attached to an aromatic ring is 1. The second-order valence-electron chi connectivity index (χ2n) is 4.13. The number of rotatable bonds is 5. The summed E-state index contributed by atoms with van der Waals surface area (Å²) < 4.78 is 5.78. The highest BCUT2D eigenvalue weighted by atomic mass is 16.5. The van der Waals surface area contributed by atoms with Gasteiger partial charge in [-0.15, -0.1) is 0 Å². The molecule has 3 nitrogen and oxygen atoms in total. The molecule has 0 saturated carbocycles. The first-order valence-electron chi connectivity index (χ1n) is 5.66. The van der Waals surface area contributed by atoms with Crippen LogP contribution in [0, 0.1) is 12.3 Å². The molecular weight excluding hydrogens is 200 g/mol. The molecule has 0 fully saturated rings. The number of amidine groups is 1. The quantitative estimate of drug-likeness (QED) is 0.592. The van der Waals surface area contributed by atoms with Crippen molar-refractivity contribution in [3.05, 3.63) is 29.3 Å². The molecule has 0 radical (unpaired) electrons. The van der Waals surface area contributed by atoms with E-state index in [-0.39, 0.29) is 11.9 Å². The van der Waals surface area contributed by atoms with E-state index < -0.39 is 0 Å². The Morgan fingerprint density at radius 3 is 2.75 bits per heavy atom. The Kier molecular flexibility index (Phi) is 4.35. The summed E-state index contributed by atoms with van der Waals surface area (Å²) in [5, 5.41) is 7.52. The number of nitrogens with two attached hydrogens (primary N) is 1. The molecule has 16 heavy (non-hydrogen) atoms. The summed E-state index contributed by atoms with van der Waals surface area (Å²) in [6, 6.07) is 5.75. The van der Waals surface area contributed by atoms with Crippen molar-refractivity contribution in [3.8, 4) is 5.75 Å². The van der Waals surface area contributed by atoms with E-state index in [0.29, 0.717) is 11.3 Å². The highest BCUT2D eigenvalue weighted by molar-refractivity contribution is 5.97. The van der Waals surface area contributed by atoms with Crippen molar-refractivity contribution < 1.29 is 4.74 Å². The molecule has 1 aromatic rings. The third kappa shape index (κ3) is 3.26. The highest BCUT2D eigenvalue weighted by Crippen LogP contribution is 2.21. The van der Waals surface area contributed by atoms with Crippen LogP contribution >= 0.6 is 0 Å². The second-order valence-corrected chi connectivity index (χ2v) is 4.13. The van der Waals surface area contributed by atoms with Gasteiger partial charge in [0.1, 0.15) is 11.6 Å². The fourth-order valence-corrected chi connectivity index (χ4v) is 1.64. The molecule has 0 spiro atoms. The Morgan fingerprint density at radius 1 is 1.50 bits per heavy atom. The maximum absolute atomic E-state index is 7.52. The van der Waals surface area contributed by atoms with E-state index in [1.807, 2.05) is 32.0 Å². The molecular formula is C13H20N2O. The zero-order valence-corrected chi connectivity index (χ0v) is 10.2. The number of hydrogen-bond donors (Lipinski definition) is 2. The van der Waals surface area contributed by atoms with Gasteiger partial charge < -0.3 is 10.5 Å². The van der Waals surface area contributed by atoms with E-state index in [9.17, 15) is 0 Å². The Labute approximate surface area is 97.1 Å². The Balaban J connectivity index is 2.90. The minimum Gasteiger partial charge on any atom is -0.490 e. The molecule has 1 aromatic carbocycles. The van der Waals surface area contributed by atoms with Crippen molar-refractivity contribution in [1.82, 2.24) is 0 Å². The van der Waals surface area contributed by atoms with Gasteiger partial charge in [0.05, 0.1) is 11.7 Å². The molecule has 0 saturated heterocycles. The summed E-state index contributed by atoms with van der Waals surface area (Å²) in [5.41, 5.74) is 7.30. The van der Waals surface area contributed by atoms with Gasteiger partial charge >= 0.3 is 0 Å². The van der Waals surface area contributed by atoms with Crippen molar-refractivity contribution in [3.63, 3.8) is 0 Å². The molecule has 0 amide bonds. The van der Waals surface area contributed by atoms with Gasteiger partial charge in [-0.3, -0.25) is 5.41 Å². The Morgan fingerprint density at radius 2 is 2.19 bits per heavy atom. The number of nitrogens with one attached hydrogen (secondary N) is 1. The van der Waals surface area contributed by atoms with Gasteiger partial charge in [-0.1, -0.05) is 25.0 Å². The van der Waals surface area contributed by atoms with Gasteiger partial charge in [-0.25, -0.2) is 0 Å². The molecule has 88 valence electrons. The van der Waals surface area contributed by atoms with E-state index in [1.54, 1.807) is 0 Å². The van der Waals surface area contributed by atoms with Crippen LogP contribution in [-0.4, -0.2) is 11.9 Å². The van der Waals surface area contributed by atoms with Gasteiger partial charge in [0.15, 0.2) is 0 Å². The lowest BCUT2D eigenvalue weighted by Crippen LogP contribution is -2.17. The highest BCUT2D eigenvalue weighted by Gasteiger charge is 2.10. The van der Waals surface area contributed by atoms with Crippen molar-refractivity contribution >= 4 is 5.84 Å². The summed E-state index contributed by atoms with van der Waals surface area (Å²) in [7, 11) is 0. The Bertz CT molecular complexity index is 374. The SMILES string of the molecule is CCCC(C)Oc1ccc(C)cc1C(=N)N. The minimum atomic E-state index is 0.0578. The lowest BCUT2D eigenvalue weighted by molar-refractivity contribution is 0.209. The monoisotopic (exact) mass is 220 g/mol. The smallest absolute Gasteiger partial charge is 0.130 e. The maximum atomic E-state index is 7.52. The van der Waals surface area contributed by atoms with Crippen LogP contribution in [-0.2, 0) is 0 Å². The normalized spacial score (nSPS) is 12.2. The van der Waals surface area contributed by atoms with Crippen LogP contribution in [0.5, 0.6) is 5.75 Å². The third-order valence-corrected chi connectivity index (χ3v) is 2.45. The summed E-state index contributed by atoms with van der Waals surface area (Å²) in [6.45, 7) is 6.14. The summed E-state index contributed by atoms with van der Waals surface area (Å²) >= 11 is 0. The predicted molar refractivity (Wildman–Crippen MR) is 67.2 cm³/mol. The standard InChI is InChI=1S/C13H20N2O/c1-4-5-10(3)16-12-7-6-9(2)8-11(12)13(14)15/h6-8,10H,4-5H2,1-3H3,(H3,14,15). The van der Waals surface area contributed by atoms with E-state index >= 15 is 0 Å². The third-order valence-electron chi connectivity index (χ3n) is 2.45. The van der Waals surface area contributed by atoms with Crippen molar-refractivity contribution in [2.45, 2.75) is 39.7 Å². The van der Waals surface area contributed by atoms with Gasteiger partial charge in [0, 0.05) is 0 Å². The van der Waals surface area contributed by atoms with E-state index in [1.165, 1.54) is 0 Å². The lowest BCUT2D eigenvalue weighted by atomic mass is 10.1. The lowest BCUT2D eigenvalue weighted by Gasteiger charge is -2.16. The van der Waals surface area contributed by atoms with Crippen LogP contribution in [0.2, 0.25) is 0 Å². The fourth-order valence-electron chi connectivity index (χ4n) is 1.64. The van der Waals surface area contributed by atoms with Crippen molar-refractivity contribution in [2.75, 3.05) is 0 Å². The molecule has 0 aliphatic heterocycles. The van der Waals surface area contributed by atoms with Crippen LogP contribution in [0.4, 0.5) is 0 Å². The van der Waals surface area contributed by atoms with Crippen LogP contribution in [0.15, 0.2) is 18.2 Å². The second kappa shape index (κ2) is 5.54. The number of aryl methyl sites for hydroxylation is 1. The first kappa shape index (κ1) is 12.6. The molecule has 3 heteroatoms. The summed E-state index contributed by atoms with van der Waals surface area (Å²) in [4.78, 5) is 0. The number of benzene rings is 1. The summed E-state index contributed by atoms with van der Waals surface area (Å²) in [6.07, 6.45) is 2.25. The number of hydrogen-bond acceptors (Lipinski definition) is 2. The van der Waals surface area contributed by atoms with Crippen molar-refractivity contribution in [1.29, 1.82) is 5.41 Å². The molecule has 3 N–H and O–H groups in total. The minimum absolute atomic E-state index is 0.0578. The van der Waals surface area contributed by atoms with Gasteiger partial charge in [-0.05, 0) is 32.4 Å². The van der Waals surface area contributed by atoms with Crippen LogP contribution in [0.1, 0.15) is 37.8 Å². The van der Waals surface area contributed by atoms with Gasteiger partial charge in [-0.2, -0.15) is 0 Å². The first-order valence-corrected chi connectivity index (χ1v) is 5.66. The molecule has 0 aromatic heterocycles. The average molecular weight is 220 g/mol. The average Bonchev–Trinajstić information content (AvgIpc) is 2.20. The zero-order chi connectivity index (χ0) is 12.1. The Hall–Kier alpha value is -1.51. The van der Waals surface area contributed by atoms with Crippen LogP contribution in [0.3, 0.4) is 0 Å². The zero-order valence-electron chi connectivity index (χ0n) is 10.2. The predicted octanol–water partition coefficient (Wildman–Crippen LogP) is 2.85. The van der Waals surface area contributed by atoms with Gasteiger partial charge in [0.2, 0.25) is 0 Å². The first-order chi connectivity index (χ1) is 7.54. The molecule has 0 aliphatic rings. The molecule has 0 bridgehead atoms. The maximum Gasteiger partial charge on any atom is 0.130 e. The molecule has 0 aliphatic carbocycles.